The predicted molar refractivity (Wildman–Crippen MR) is 127 cm³/mol. The van der Waals surface area contributed by atoms with Crippen LogP contribution in [0.3, 0.4) is 0 Å². The van der Waals surface area contributed by atoms with Crippen molar-refractivity contribution >= 4 is 34.3 Å². The van der Waals surface area contributed by atoms with E-state index in [4.69, 9.17) is 11.6 Å². The van der Waals surface area contributed by atoms with Gasteiger partial charge in [0, 0.05) is 60.6 Å². The maximum Gasteiger partial charge on any atom is 0.573 e. The number of nitrogens with one attached hydrogen (secondary N) is 1. The summed E-state index contributed by atoms with van der Waals surface area (Å²) < 4.78 is 43.2. The third-order valence-corrected chi connectivity index (χ3v) is 6.68. The van der Waals surface area contributed by atoms with E-state index in [1.807, 2.05) is 24.3 Å². The number of piperazine rings is 1. The summed E-state index contributed by atoms with van der Waals surface area (Å²) in [5, 5.41) is 4.57. The molecule has 9 heteroatoms. The fourth-order valence-corrected chi connectivity index (χ4v) is 5.05. The molecule has 1 aromatic heterocycles. The van der Waals surface area contributed by atoms with Gasteiger partial charge in [0.05, 0.1) is 5.52 Å². The molecule has 176 valence electrons. The Balaban J connectivity index is 1.70. The molecular formula is C24H25ClF3N3OS. The van der Waals surface area contributed by atoms with E-state index in [-0.39, 0.29) is 5.75 Å². The van der Waals surface area contributed by atoms with Crippen LogP contribution in [0.5, 0.6) is 5.75 Å². The van der Waals surface area contributed by atoms with Gasteiger partial charge in [-0.3, -0.25) is 9.88 Å². The van der Waals surface area contributed by atoms with Gasteiger partial charge in [0.25, 0.3) is 0 Å². The van der Waals surface area contributed by atoms with Crippen LogP contribution in [0.25, 0.3) is 10.9 Å². The third kappa shape index (κ3) is 6.53. The molecule has 0 aliphatic carbocycles. The number of ether oxygens (including phenoxy) is 1. The Morgan fingerprint density at radius 3 is 2.64 bits per heavy atom. The van der Waals surface area contributed by atoms with Crippen LogP contribution in [0.2, 0.25) is 5.02 Å². The molecule has 33 heavy (non-hydrogen) atoms. The van der Waals surface area contributed by atoms with Crippen LogP contribution >= 0.6 is 23.4 Å². The van der Waals surface area contributed by atoms with Crippen molar-refractivity contribution in [2.45, 2.75) is 31.1 Å². The van der Waals surface area contributed by atoms with Crippen molar-refractivity contribution in [2.24, 2.45) is 0 Å². The predicted octanol–water partition coefficient (Wildman–Crippen LogP) is 5.89. The highest BCUT2D eigenvalue weighted by Crippen LogP contribution is 2.32. The summed E-state index contributed by atoms with van der Waals surface area (Å²) in [6.07, 6.45) is -2.36. The highest BCUT2D eigenvalue weighted by atomic mass is 35.5. The zero-order valence-corrected chi connectivity index (χ0v) is 19.8. The molecule has 0 amide bonds. The molecule has 0 bridgehead atoms. The van der Waals surface area contributed by atoms with Crippen molar-refractivity contribution in [3.05, 3.63) is 64.3 Å². The van der Waals surface area contributed by atoms with Gasteiger partial charge in [-0.25, -0.2) is 0 Å². The van der Waals surface area contributed by atoms with Gasteiger partial charge >= 0.3 is 6.36 Å². The molecule has 0 atom stereocenters. The molecule has 4 nitrogen and oxygen atoms in total. The van der Waals surface area contributed by atoms with Crippen LogP contribution < -0.4 is 10.1 Å². The summed E-state index contributed by atoms with van der Waals surface area (Å²) in [6, 6.07) is 10.6. The Hall–Kier alpha value is -2.00. The van der Waals surface area contributed by atoms with E-state index in [2.05, 4.69) is 26.9 Å². The SMILES string of the molecule is CCSc1ccc(Cl)cc1Cc1cnc2c(CN3CCNCC3)cc(OC(F)(F)F)cc2c1. The quantitative estimate of drug-likeness (QED) is 0.413. The number of benzene rings is 2. The number of fused-ring (bicyclic) bond motifs is 1. The molecule has 0 radical (unpaired) electrons. The van der Waals surface area contributed by atoms with Gasteiger partial charge in [-0.05, 0) is 58.8 Å². The summed E-state index contributed by atoms with van der Waals surface area (Å²) in [4.78, 5) is 8.00. The molecule has 4 rings (SSSR count). The summed E-state index contributed by atoms with van der Waals surface area (Å²) in [7, 11) is 0. The zero-order valence-electron chi connectivity index (χ0n) is 18.2. The van der Waals surface area contributed by atoms with Gasteiger partial charge in [0.1, 0.15) is 5.75 Å². The lowest BCUT2D eigenvalue weighted by atomic mass is 10.0. The maximum absolute atomic E-state index is 13.0. The Morgan fingerprint density at radius 1 is 1.12 bits per heavy atom. The molecule has 0 saturated carbocycles. The first-order valence-corrected chi connectivity index (χ1v) is 12.2. The number of alkyl halides is 3. The normalized spacial score (nSPS) is 15.2. The fraction of sp³-hybridized carbons (Fsp3) is 0.375. The smallest absolute Gasteiger partial charge is 0.406 e. The average Bonchev–Trinajstić information content (AvgIpc) is 2.75. The Morgan fingerprint density at radius 2 is 1.91 bits per heavy atom. The Kier molecular flexibility index (Phi) is 7.69. The number of pyridine rings is 1. The average molecular weight is 496 g/mol. The molecule has 1 aliphatic rings. The van der Waals surface area contributed by atoms with Crippen molar-refractivity contribution in [2.75, 3.05) is 31.9 Å². The second-order valence-electron chi connectivity index (χ2n) is 7.93. The van der Waals surface area contributed by atoms with Gasteiger partial charge in [-0.2, -0.15) is 0 Å². The maximum atomic E-state index is 13.0. The van der Waals surface area contributed by atoms with Gasteiger partial charge < -0.3 is 10.1 Å². The molecule has 0 unspecified atom stereocenters. The fourth-order valence-electron chi connectivity index (χ4n) is 4.06. The second-order valence-corrected chi connectivity index (χ2v) is 9.68. The van der Waals surface area contributed by atoms with Crippen LogP contribution in [-0.2, 0) is 13.0 Å². The van der Waals surface area contributed by atoms with Gasteiger partial charge in [-0.1, -0.05) is 18.5 Å². The number of rotatable bonds is 7. The molecule has 0 spiro atoms. The minimum absolute atomic E-state index is 0.218. The molecule has 1 fully saturated rings. The Bertz CT molecular complexity index is 1120. The second kappa shape index (κ2) is 10.5. The first-order chi connectivity index (χ1) is 15.8. The van der Waals surface area contributed by atoms with Crippen molar-refractivity contribution < 1.29 is 17.9 Å². The van der Waals surface area contributed by atoms with Crippen LogP contribution in [0, 0.1) is 0 Å². The van der Waals surface area contributed by atoms with E-state index in [0.29, 0.717) is 28.9 Å². The van der Waals surface area contributed by atoms with Crippen molar-refractivity contribution in [3.63, 3.8) is 0 Å². The van der Waals surface area contributed by atoms with Gasteiger partial charge in [0.2, 0.25) is 0 Å². The van der Waals surface area contributed by atoms with E-state index >= 15 is 0 Å². The lowest BCUT2D eigenvalue weighted by Gasteiger charge is -2.27. The minimum atomic E-state index is -4.75. The minimum Gasteiger partial charge on any atom is -0.406 e. The Labute approximate surface area is 200 Å². The van der Waals surface area contributed by atoms with E-state index in [0.717, 1.165) is 53.5 Å². The third-order valence-electron chi connectivity index (χ3n) is 5.45. The van der Waals surface area contributed by atoms with E-state index in [1.54, 1.807) is 18.0 Å². The highest BCUT2D eigenvalue weighted by molar-refractivity contribution is 7.99. The van der Waals surface area contributed by atoms with E-state index < -0.39 is 6.36 Å². The molecule has 1 N–H and O–H groups in total. The van der Waals surface area contributed by atoms with E-state index in [9.17, 15) is 13.2 Å². The monoisotopic (exact) mass is 495 g/mol. The summed E-state index contributed by atoms with van der Waals surface area (Å²) in [6.45, 7) is 5.97. The molecule has 2 aromatic carbocycles. The summed E-state index contributed by atoms with van der Waals surface area (Å²) in [5.41, 5.74) is 3.39. The van der Waals surface area contributed by atoms with Gasteiger partial charge in [-0.15, -0.1) is 24.9 Å². The number of thioether (sulfide) groups is 1. The lowest BCUT2D eigenvalue weighted by Crippen LogP contribution is -2.42. The van der Waals surface area contributed by atoms with Crippen molar-refractivity contribution in [1.82, 2.24) is 15.2 Å². The highest BCUT2D eigenvalue weighted by Gasteiger charge is 2.31. The molecule has 2 heterocycles. The van der Waals surface area contributed by atoms with E-state index in [1.165, 1.54) is 12.1 Å². The standard InChI is InChI=1S/C24H25ClF3N3OS/c1-2-33-22-4-3-20(25)11-17(22)9-16-10-18-12-21(32-24(26,27)28)13-19(23(18)30-14-16)15-31-7-5-29-6-8-31/h3-4,10-14,29H,2,5-9,15H2,1H3. The lowest BCUT2D eigenvalue weighted by molar-refractivity contribution is -0.274. The molecular weight excluding hydrogens is 471 g/mol. The first-order valence-electron chi connectivity index (χ1n) is 10.8. The molecule has 1 aliphatic heterocycles. The van der Waals surface area contributed by atoms with Crippen molar-refractivity contribution in [1.29, 1.82) is 0 Å². The molecule has 3 aromatic rings. The largest absolute Gasteiger partial charge is 0.573 e. The van der Waals surface area contributed by atoms with Crippen LogP contribution in [-0.4, -0.2) is 48.2 Å². The van der Waals surface area contributed by atoms with Crippen LogP contribution in [0.1, 0.15) is 23.6 Å². The number of nitrogens with zero attached hydrogens (tertiary/aromatic N) is 2. The number of halogens is 4. The van der Waals surface area contributed by atoms with Crippen LogP contribution in [0.15, 0.2) is 47.5 Å². The summed E-state index contributed by atoms with van der Waals surface area (Å²) in [5.74, 6) is 0.710. The number of hydrogen-bond donors (Lipinski definition) is 1. The topological polar surface area (TPSA) is 37.4 Å². The first kappa shape index (κ1) is 24.1. The summed E-state index contributed by atoms with van der Waals surface area (Å²) >= 11 is 7.95. The van der Waals surface area contributed by atoms with Crippen LogP contribution in [0.4, 0.5) is 13.2 Å². The van der Waals surface area contributed by atoms with Crippen molar-refractivity contribution in [3.8, 4) is 5.75 Å². The number of hydrogen-bond acceptors (Lipinski definition) is 5. The zero-order chi connectivity index (χ0) is 23.4. The van der Waals surface area contributed by atoms with Gasteiger partial charge in [0.15, 0.2) is 0 Å². The number of aromatic nitrogens is 1. The molecule has 1 saturated heterocycles.